The van der Waals surface area contributed by atoms with Gasteiger partial charge < -0.3 is 5.73 Å². The minimum Gasteiger partial charge on any atom is -0.326 e. The summed E-state index contributed by atoms with van der Waals surface area (Å²) in [7, 11) is 5.57. The van der Waals surface area contributed by atoms with Crippen molar-refractivity contribution in [1.29, 1.82) is 0 Å². The number of rotatable bonds is 1. The predicted molar refractivity (Wildman–Crippen MR) is 49.5 cm³/mol. The first-order valence-corrected chi connectivity index (χ1v) is 3.78. The lowest BCUT2D eigenvalue weighted by Gasteiger charge is -2.07. The van der Waals surface area contributed by atoms with Gasteiger partial charge in [0.1, 0.15) is 7.85 Å². The fraction of sp³-hybridized carbons (Fsp3) is 0.250. The Labute approximate surface area is 73.0 Å². The maximum atomic E-state index is 5.88. The zero-order valence-electron chi connectivity index (χ0n) is 6.39. The van der Waals surface area contributed by atoms with Gasteiger partial charge in [-0.15, -0.1) is 0 Å². The number of hydrogen-bond acceptors (Lipinski definition) is 1. The molecule has 0 saturated heterocycles. The maximum Gasteiger partial charge on any atom is 0.115 e. The molecule has 1 aromatic rings. The van der Waals surface area contributed by atoms with E-state index in [1.807, 2.05) is 13.0 Å². The Kier molecular flexibility index (Phi) is 2.58. The van der Waals surface area contributed by atoms with Crippen LogP contribution in [0.3, 0.4) is 0 Å². The van der Waals surface area contributed by atoms with Gasteiger partial charge >= 0.3 is 0 Å². The van der Waals surface area contributed by atoms with E-state index in [1.165, 1.54) is 0 Å². The summed E-state index contributed by atoms with van der Waals surface area (Å²) >= 11 is 5.88. The largest absolute Gasteiger partial charge is 0.326 e. The Morgan fingerprint density at radius 2 is 2.18 bits per heavy atom. The van der Waals surface area contributed by atoms with Crippen LogP contribution in [0.2, 0.25) is 5.02 Å². The highest BCUT2D eigenvalue weighted by atomic mass is 35.5. The topological polar surface area (TPSA) is 26.0 Å². The Morgan fingerprint density at radius 1 is 1.55 bits per heavy atom. The summed E-state index contributed by atoms with van der Waals surface area (Å²) in [6.45, 7) is 2.42. The summed E-state index contributed by atoms with van der Waals surface area (Å²) in [5.41, 5.74) is 8.11. The smallest absolute Gasteiger partial charge is 0.115 e. The average molecular weight is 165 g/mol. The zero-order valence-corrected chi connectivity index (χ0v) is 7.15. The minimum atomic E-state index is 0.506. The van der Waals surface area contributed by atoms with Crippen molar-refractivity contribution in [2.24, 2.45) is 5.73 Å². The minimum absolute atomic E-state index is 0.506. The van der Waals surface area contributed by atoms with E-state index in [1.54, 1.807) is 6.07 Å². The van der Waals surface area contributed by atoms with Crippen molar-refractivity contribution >= 4 is 24.9 Å². The molecule has 1 aromatic carbocycles. The third kappa shape index (κ3) is 1.58. The van der Waals surface area contributed by atoms with E-state index in [0.717, 1.165) is 11.1 Å². The van der Waals surface area contributed by atoms with Gasteiger partial charge in [-0.3, -0.25) is 0 Å². The van der Waals surface area contributed by atoms with Crippen LogP contribution in [0.25, 0.3) is 0 Å². The first-order valence-electron chi connectivity index (χ1n) is 3.40. The summed E-state index contributed by atoms with van der Waals surface area (Å²) in [4.78, 5) is 0. The van der Waals surface area contributed by atoms with E-state index in [4.69, 9.17) is 25.2 Å². The fourth-order valence-corrected chi connectivity index (χ4v) is 1.15. The molecule has 0 bridgehead atoms. The molecule has 2 N–H and O–H groups in total. The standard InChI is InChI=1S/C8H9BClN/c1-5-6(4-11)2-3-7(9)8(5)10/h2-3H,4,11H2,1H3. The van der Waals surface area contributed by atoms with Crippen molar-refractivity contribution in [2.75, 3.05) is 0 Å². The highest BCUT2D eigenvalue weighted by Gasteiger charge is 2.02. The van der Waals surface area contributed by atoms with E-state index >= 15 is 0 Å². The van der Waals surface area contributed by atoms with Gasteiger partial charge in [-0.1, -0.05) is 29.2 Å². The maximum absolute atomic E-state index is 5.88. The SMILES string of the molecule is [B]c1ccc(CN)c(C)c1Cl. The van der Waals surface area contributed by atoms with Gasteiger partial charge in [-0.05, 0) is 18.1 Å². The average Bonchev–Trinajstić information content (AvgIpc) is 2.01. The molecule has 0 atom stereocenters. The quantitative estimate of drug-likeness (QED) is 0.615. The van der Waals surface area contributed by atoms with E-state index in [0.29, 0.717) is 17.0 Å². The zero-order chi connectivity index (χ0) is 8.43. The molecule has 1 rings (SSSR count). The highest BCUT2D eigenvalue weighted by molar-refractivity contribution is 6.45. The molecule has 3 heteroatoms. The lowest BCUT2D eigenvalue weighted by Crippen LogP contribution is -2.09. The molecule has 11 heavy (non-hydrogen) atoms. The summed E-state index contributed by atoms with van der Waals surface area (Å²) in [6, 6.07) is 3.67. The third-order valence-corrected chi connectivity index (χ3v) is 2.25. The van der Waals surface area contributed by atoms with Crippen molar-refractivity contribution in [3.8, 4) is 0 Å². The number of benzene rings is 1. The van der Waals surface area contributed by atoms with Crippen LogP contribution >= 0.6 is 11.6 Å². The number of nitrogens with two attached hydrogens (primary N) is 1. The highest BCUT2D eigenvalue weighted by Crippen LogP contribution is 2.15. The lowest BCUT2D eigenvalue weighted by molar-refractivity contribution is 1.05. The molecule has 0 saturated carbocycles. The third-order valence-electron chi connectivity index (χ3n) is 1.75. The second-order valence-corrected chi connectivity index (χ2v) is 2.83. The van der Waals surface area contributed by atoms with Crippen LogP contribution < -0.4 is 11.2 Å². The van der Waals surface area contributed by atoms with Crippen molar-refractivity contribution in [3.63, 3.8) is 0 Å². The van der Waals surface area contributed by atoms with Crippen molar-refractivity contribution in [3.05, 3.63) is 28.3 Å². The van der Waals surface area contributed by atoms with Crippen LogP contribution in [0.1, 0.15) is 11.1 Å². The van der Waals surface area contributed by atoms with Crippen molar-refractivity contribution in [1.82, 2.24) is 0 Å². The molecule has 0 unspecified atom stereocenters. The van der Waals surface area contributed by atoms with Crippen LogP contribution in [0.4, 0.5) is 0 Å². The van der Waals surface area contributed by atoms with Crippen LogP contribution in [-0.4, -0.2) is 7.85 Å². The molecule has 0 heterocycles. The molecule has 0 fully saturated rings. The number of hydrogen-bond donors (Lipinski definition) is 1. The van der Waals surface area contributed by atoms with E-state index < -0.39 is 0 Å². The number of halogens is 1. The second kappa shape index (κ2) is 3.29. The molecular formula is C8H9BClN. The monoisotopic (exact) mass is 165 g/mol. The Hall–Kier alpha value is -0.465. The molecule has 0 amide bonds. The first-order chi connectivity index (χ1) is 5.16. The molecule has 0 aliphatic carbocycles. The van der Waals surface area contributed by atoms with Gasteiger partial charge in [-0.25, -0.2) is 0 Å². The van der Waals surface area contributed by atoms with Crippen LogP contribution in [0, 0.1) is 6.92 Å². The molecule has 0 aliphatic heterocycles. The van der Waals surface area contributed by atoms with Gasteiger partial charge in [0.2, 0.25) is 0 Å². The van der Waals surface area contributed by atoms with E-state index in [9.17, 15) is 0 Å². The Bertz CT molecular complexity index is 273. The Morgan fingerprint density at radius 3 is 2.73 bits per heavy atom. The van der Waals surface area contributed by atoms with E-state index in [-0.39, 0.29) is 0 Å². The van der Waals surface area contributed by atoms with Crippen molar-refractivity contribution < 1.29 is 0 Å². The van der Waals surface area contributed by atoms with Gasteiger partial charge in [0.05, 0.1) is 0 Å². The molecular weight excluding hydrogens is 156 g/mol. The van der Waals surface area contributed by atoms with Crippen LogP contribution in [0.15, 0.2) is 12.1 Å². The Balaban J connectivity index is 3.25. The molecule has 1 nitrogen and oxygen atoms in total. The molecule has 56 valence electrons. The molecule has 0 aromatic heterocycles. The lowest BCUT2D eigenvalue weighted by atomic mass is 9.92. The summed E-state index contributed by atoms with van der Waals surface area (Å²) < 4.78 is 0. The second-order valence-electron chi connectivity index (χ2n) is 2.46. The van der Waals surface area contributed by atoms with Gasteiger partial charge in [0, 0.05) is 11.6 Å². The molecule has 0 aliphatic rings. The molecule has 2 radical (unpaired) electrons. The van der Waals surface area contributed by atoms with Crippen LogP contribution in [0.5, 0.6) is 0 Å². The van der Waals surface area contributed by atoms with Gasteiger partial charge in [0.25, 0.3) is 0 Å². The van der Waals surface area contributed by atoms with Gasteiger partial charge in [0.15, 0.2) is 0 Å². The fourth-order valence-electron chi connectivity index (χ4n) is 0.967. The van der Waals surface area contributed by atoms with Gasteiger partial charge in [-0.2, -0.15) is 0 Å². The summed E-state index contributed by atoms with van der Waals surface area (Å²) in [5, 5.41) is 0.618. The normalized spacial score (nSPS) is 10.1. The predicted octanol–water partition coefficient (Wildman–Crippen LogP) is 0.901. The van der Waals surface area contributed by atoms with E-state index in [2.05, 4.69) is 0 Å². The van der Waals surface area contributed by atoms with Crippen molar-refractivity contribution in [2.45, 2.75) is 13.5 Å². The summed E-state index contributed by atoms with van der Waals surface area (Å²) in [6.07, 6.45) is 0. The molecule has 0 spiro atoms. The summed E-state index contributed by atoms with van der Waals surface area (Å²) in [5.74, 6) is 0. The first kappa shape index (κ1) is 8.63. The van der Waals surface area contributed by atoms with Crippen LogP contribution in [-0.2, 0) is 6.54 Å².